The van der Waals surface area contributed by atoms with Crippen LogP contribution in [0.25, 0.3) is 0 Å². The third-order valence-corrected chi connectivity index (χ3v) is 4.57. The highest BCUT2D eigenvalue weighted by Gasteiger charge is 2.18. The molecule has 0 aliphatic carbocycles. The van der Waals surface area contributed by atoms with Crippen molar-refractivity contribution in [3.8, 4) is 5.75 Å². The van der Waals surface area contributed by atoms with Crippen LogP contribution in [0.4, 0.5) is 0 Å². The van der Waals surface area contributed by atoms with Crippen LogP contribution in [0.2, 0.25) is 5.02 Å². The third kappa shape index (κ3) is 7.19. The monoisotopic (exact) mass is 406 g/mol. The highest BCUT2D eigenvalue weighted by atomic mass is 35.5. The zero-order valence-corrected chi connectivity index (χ0v) is 16.0. The first kappa shape index (κ1) is 21.7. The molecular formula is C20H23ClN2O5. The van der Waals surface area contributed by atoms with Gasteiger partial charge in [-0.1, -0.05) is 41.9 Å². The minimum Gasteiger partial charge on any atom is -0.508 e. The van der Waals surface area contributed by atoms with Crippen LogP contribution in [0.3, 0.4) is 0 Å². The van der Waals surface area contributed by atoms with Gasteiger partial charge < -0.3 is 15.3 Å². The molecule has 0 saturated carbocycles. The molecule has 0 atom stereocenters. The number of aromatic hydroxyl groups is 1. The molecule has 1 saturated heterocycles. The zero-order valence-electron chi connectivity index (χ0n) is 15.3. The molecule has 7 nitrogen and oxygen atoms in total. The first-order chi connectivity index (χ1) is 13.3. The van der Waals surface area contributed by atoms with Gasteiger partial charge in [-0.15, -0.1) is 0 Å². The number of phenolic OH excluding ortho intramolecular Hbond substituents is 1. The summed E-state index contributed by atoms with van der Waals surface area (Å²) < 4.78 is 0. The van der Waals surface area contributed by atoms with Crippen LogP contribution in [-0.2, 0) is 22.7 Å². The van der Waals surface area contributed by atoms with Crippen molar-refractivity contribution < 1.29 is 24.9 Å². The van der Waals surface area contributed by atoms with Gasteiger partial charge in [0.05, 0.1) is 0 Å². The fourth-order valence-corrected chi connectivity index (χ4v) is 3.06. The Bertz CT molecular complexity index is 780. The first-order valence-corrected chi connectivity index (χ1v) is 9.15. The lowest BCUT2D eigenvalue weighted by Gasteiger charge is -2.34. The van der Waals surface area contributed by atoms with Crippen molar-refractivity contribution in [1.82, 2.24) is 9.80 Å². The van der Waals surface area contributed by atoms with Gasteiger partial charge in [0.25, 0.3) is 0 Å². The Morgan fingerprint density at radius 3 is 1.93 bits per heavy atom. The number of hydrogen-bond acceptors (Lipinski definition) is 5. The number of nitrogens with zero attached hydrogens (tertiary/aromatic N) is 2. The summed E-state index contributed by atoms with van der Waals surface area (Å²) in [6, 6.07) is 15.8. The number of piperazine rings is 1. The van der Waals surface area contributed by atoms with Gasteiger partial charge in [-0.3, -0.25) is 9.80 Å². The maximum Gasteiger partial charge on any atom is 0.414 e. The lowest BCUT2D eigenvalue weighted by molar-refractivity contribution is -0.159. The Balaban J connectivity index is 0.000000409. The van der Waals surface area contributed by atoms with Crippen LogP contribution in [-0.4, -0.2) is 63.2 Å². The van der Waals surface area contributed by atoms with Crippen LogP contribution >= 0.6 is 11.6 Å². The molecule has 0 amide bonds. The fraction of sp³-hybridized carbons (Fsp3) is 0.300. The molecule has 28 heavy (non-hydrogen) atoms. The Morgan fingerprint density at radius 1 is 0.857 bits per heavy atom. The second kappa shape index (κ2) is 10.7. The minimum absolute atomic E-state index is 0.330. The first-order valence-electron chi connectivity index (χ1n) is 8.77. The number of rotatable bonds is 4. The van der Waals surface area contributed by atoms with Gasteiger partial charge in [0.2, 0.25) is 0 Å². The van der Waals surface area contributed by atoms with E-state index in [1.54, 1.807) is 12.1 Å². The van der Waals surface area contributed by atoms with E-state index < -0.39 is 11.9 Å². The third-order valence-electron chi connectivity index (χ3n) is 4.33. The summed E-state index contributed by atoms with van der Waals surface area (Å²) in [5.41, 5.74) is 2.27. The molecule has 3 N–H and O–H groups in total. The van der Waals surface area contributed by atoms with Gasteiger partial charge >= 0.3 is 11.9 Å². The topological polar surface area (TPSA) is 101 Å². The molecule has 8 heteroatoms. The quantitative estimate of drug-likeness (QED) is 0.670. The Morgan fingerprint density at radius 2 is 1.39 bits per heavy atom. The second-order valence-corrected chi connectivity index (χ2v) is 6.86. The molecule has 0 spiro atoms. The number of carboxylic acids is 2. The number of aliphatic carboxylic acids is 2. The second-order valence-electron chi connectivity index (χ2n) is 6.42. The number of phenols is 1. The van der Waals surface area contributed by atoms with E-state index in [9.17, 15) is 5.11 Å². The predicted octanol–water partition coefficient (Wildman–Crippen LogP) is 2.52. The van der Waals surface area contributed by atoms with E-state index >= 15 is 0 Å². The van der Waals surface area contributed by atoms with Crippen molar-refractivity contribution in [2.45, 2.75) is 13.1 Å². The summed E-state index contributed by atoms with van der Waals surface area (Å²) in [5.74, 6) is -3.32. The molecule has 0 aromatic heterocycles. The van der Waals surface area contributed by atoms with E-state index in [4.69, 9.17) is 31.4 Å². The van der Waals surface area contributed by atoms with Gasteiger partial charge in [0.1, 0.15) is 5.75 Å². The number of carbonyl (C=O) groups is 2. The standard InChI is InChI=1S/C18H21ClN2O.C2H2O4/c19-17-6-7-18(22)16(12-17)14-21-10-8-20(9-11-21)13-15-4-2-1-3-5-15;3-1(4)2(5)6/h1-7,12,22H,8-11,13-14H2;(H,3,4)(H,5,6). The minimum atomic E-state index is -1.82. The van der Waals surface area contributed by atoms with E-state index in [2.05, 4.69) is 40.1 Å². The average Bonchev–Trinajstić information content (AvgIpc) is 2.67. The molecule has 150 valence electrons. The van der Waals surface area contributed by atoms with Crippen molar-refractivity contribution in [2.24, 2.45) is 0 Å². The highest BCUT2D eigenvalue weighted by Crippen LogP contribution is 2.23. The Kier molecular flexibility index (Phi) is 8.25. The Labute approximate surface area is 168 Å². The highest BCUT2D eigenvalue weighted by molar-refractivity contribution is 6.30. The molecule has 1 aliphatic heterocycles. The maximum absolute atomic E-state index is 9.92. The van der Waals surface area contributed by atoms with Gasteiger partial charge in [-0.2, -0.15) is 0 Å². The summed E-state index contributed by atoms with van der Waals surface area (Å²) in [6.07, 6.45) is 0. The summed E-state index contributed by atoms with van der Waals surface area (Å²) in [6.45, 7) is 5.90. The lowest BCUT2D eigenvalue weighted by Crippen LogP contribution is -2.45. The van der Waals surface area contributed by atoms with E-state index in [-0.39, 0.29) is 0 Å². The van der Waals surface area contributed by atoms with Gasteiger partial charge in [-0.25, -0.2) is 9.59 Å². The van der Waals surface area contributed by atoms with Crippen LogP contribution < -0.4 is 0 Å². The zero-order chi connectivity index (χ0) is 20.5. The number of benzene rings is 2. The molecule has 2 aromatic rings. The summed E-state index contributed by atoms with van der Waals surface area (Å²) >= 11 is 6.01. The van der Waals surface area contributed by atoms with Crippen molar-refractivity contribution in [1.29, 1.82) is 0 Å². The smallest absolute Gasteiger partial charge is 0.414 e. The largest absolute Gasteiger partial charge is 0.508 e. The lowest BCUT2D eigenvalue weighted by atomic mass is 10.1. The van der Waals surface area contributed by atoms with Gasteiger partial charge in [0.15, 0.2) is 0 Å². The fourth-order valence-electron chi connectivity index (χ4n) is 2.87. The predicted molar refractivity (Wildman–Crippen MR) is 105 cm³/mol. The van der Waals surface area contributed by atoms with Gasteiger partial charge in [-0.05, 0) is 23.8 Å². The SMILES string of the molecule is O=C(O)C(=O)O.Oc1ccc(Cl)cc1CN1CCN(Cc2ccccc2)CC1. The van der Waals surface area contributed by atoms with Crippen LogP contribution in [0.5, 0.6) is 5.75 Å². The number of halogens is 1. The average molecular weight is 407 g/mol. The molecule has 0 unspecified atom stereocenters. The summed E-state index contributed by atoms with van der Waals surface area (Å²) in [4.78, 5) is 23.0. The van der Waals surface area contributed by atoms with E-state index in [0.717, 1.165) is 44.8 Å². The molecule has 1 heterocycles. The van der Waals surface area contributed by atoms with Crippen LogP contribution in [0.1, 0.15) is 11.1 Å². The van der Waals surface area contributed by atoms with Crippen molar-refractivity contribution in [3.05, 3.63) is 64.7 Å². The van der Waals surface area contributed by atoms with Crippen LogP contribution in [0.15, 0.2) is 48.5 Å². The molecule has 0 radical (unpaired) electrons. The maximum atomic E-state index is 9.92. The van der Waals surface area contributed by atoms with E-state index in [1.807, 2.05) is 6.07 Å². The Hall–Kier alpha value is -2.61. The number of hydrogen-bond donors (Lipinski definition) is 3. The molecule has 0 bridgehead atoms. The van der Waals surface area contributed by atoms with Gasteiger partial charge in [0, 0.05) is 49.9 Å². The number of carboxylic acid groups (broad SMARTS) is 2. The summed E-state index contributed by atoms with van der Waals surface area (Å²) in [7, 11) is 0. The molecule has 1 aliphatic rings. The van der Waals surface area contributed by atoms with Crippen molar-refractivity contribution >= 4 is 23.5 Å². The molecule has 1 fully saturated rings. The normalized spacial score (nSPS) is 14.8. The van der Waals surface area contributed by atoms with E-state index in [1.165, 1.54) is 5.56 Å². The molecule has 3 rings (SSSR count). The molecule has 2 aromatic carbocycles. The van der Waals surface area contributed by atoms with Crippen LogP contribution in [0, 0.1) is 0 Å². The molecular weight excluding hydrogens is 384 g/mol. The summed E-state index contributed by atoms with van der Waals surface area (Å²) in [5, 5.41) is 25.4. The van der Waals surface area contributed by atoms with Crippen molar-refractivity contribution in [2.75, 3.05) is 26.2 Å². The van der Waals surface area contributed by atoms with Crippen molar-refractivity contribution in [3.63, 3.8) is 0 Å². The van der Waals surface area contributed by atoms with E-state index in [0.29, 0.717) is 10.8 Å².